The van der Waals surface area contributed by atoms with E-state index in [0.717, 1.165) is 5.56 Å². The molecular weight excluding hydrogens is 244 g/mol. The van der Waals surface area contributed by atoms with Crippen molar-refractivity contribution in [1.82, 2.24) is 4.90 Å². The van der Waals surface area contributed by atoms with Crippen LogP contribution in [0.5, 0.6) is 0 Å². The Bertz CT molecular complexity index is 475. The van der Waals surface area contributed by atoms with E-state index in [1.54, 1.807) is 17.0 Å². The zero-order chi connectivity index (χ0) is 14.0. The molecule has 0 spiro atoms. The summed E-state index contributed by atoms with van der Waals surface area (Å²) in [7, 11) is 0. The van der Waals surface area contributed by atoms with Crippen LogP contribution < -0.4 is 5.73 Å². The molecule has 2 rings (SSSR count). The Hall–Kier alpha value is -1.88. The first-order chi connectivity index (χ1) is 9.00. The summed E-state index contributed by atoms with van der Waals surface area (Å²) >= 11 is 0. The second-order valence-corrected chi connectivity index (χ2v) is 5.05. The normalized spacial score (nSPS) is 24.2. The van der Waals surface area contributed by atoms with Crippen molar-refractivity contribution >= 4 is 11.9 Å². The van der Waals surface area contributed by atoms with Gasteiger partial charge in [-0.2, -0.15) is 0 Å². The third-order valence-corrected chi connectivity index (χ3v) is 3.67. The van der Waals surface area contributed by atoms with Crippen LogP contribution in [0.4, 0.5) is 0 Å². The van der Waals surface area contributed by atoms with Crippen molar-refractivity contribution < 1.29 is 14.7 Å². The highest BCUT2D eigenvalue weighted by Crippen LogP contribution is 2.25. The lowest BCUT2D eigenvalue weighted by atomic mass is 9.99. The molecule has 0 radical (unpaired) electrons. The molecule has 0 bridgehead atoms. The topological polar surface area (TPSA) is 83.6 Å². The highest BCUT2D eigenvalue weighted by Gasteiger charge is 2.38. The predicted molar refractivity (Wildman–Crippen MR) is 70.2 cm³/mol. The summed E-state index contributed by atoms with van der Waals surface area (Å²) in [4.78, 5) is 24.9. The largest absolute Gasteiger partial charge is 0.481 e. The minimum atomic E-state index is -0.851. The van der Waals surface area contributed by atoms with E-state index < -0.39 is 17.9 Å². The average molecular weight is 262 g/mol. The minimum absolute atomic E-state index is 0.0376. The molecule has 3 unspecified atom stereocenters. The van der Waals surface area contributed by atoms with Crippen LogP contribution in [0.1, 0.15) is 18.5 Å². The third-order valence-electron chi connectivity index (χ3n) is 3.67. The first-order valence-electron chi connectivity index (χ1n) is 6.33. The first-order valence-corrected chi connectivity index (χ1v) is 6.33. The molecule has 1 aromatic rings. The standard InChI is InChI=1S/C14H18N2O3/c1-9-7-16(8-11(9)14(18)19)13(17)12(15)10-5-3-2-4-6-10/h2-6,9,11-12H,7-8,15H2,1H3,(H,18,19). The van der Waals surface area contributed by atoms with E-state index in [1.807, 2.05) is 25.1 Å². The van der Waals surface area contributed by atoms with Crippen molar-refractivity contribution in [3.63, 3.8) is 0 Å². The van der Waals surface area contributed by atoms with Crippen molar-refractivity contribution in [3.05, 3.63) is 35.9 Å². The minimum Gasteiger partial charge on any atom is -0.481 e. The lowest BCUT2D eigenvalue weighted by Crippen LogP contribution is -2.37. The van der Waals surface area contributed by atoms with Crippen molar-refractivity contribution in [2.75, 3.05) is 13.1 Å². The van der Waals surface area contributed by atoms with E-state index >= 15 is 0 Å². The molecule has 3 N–H and O–H groups in total. The van der Waals surface area contributed by atoms with Crippen molar-refractivity contribution in [2.24, 2.45) is 17.6 Å². The van der Waals surface area contributed by atoms with Crippen LogP contribution in [0, 0.1) is 11.8 Å². The number of aliphatic carboxylic acids is 1. The summed E-state index contributed by atoms with van der Waals surface area (Å²) in [5, 5.41) is 9.07. The van der Waals surface area contributed by atoms with Gasteiger partial charge in [-0.25, -0.2) is 0 Å². The predicted octanol–water partition coefficient (Wildman–Crippen LogP) is 0.865. The molecule has 19 heavy (non-hydrogen) atoms. The molecule has 0 aromatic heterocycles. The summed E-state index contributed by atoms with van der Waals surface area (Å²) < 4.78 is 0. The number of hydrogen-bond donors (Lipinski definition) is 2. The number of rotatable bonds is 3. The number of carboxylic acid groups (broad SMARTS) is 1. The first kappa shape index (κ1) is 13.5. The smallest absolute Gasteiger partial charge is 0.308 e. The van der Waals surface area contributed by atoms with Crippen LogP contribution in [0.2, 0.25) is 0 Å². The van der Waals surface area contributed by atoms with Crippen LogP contribution in [0.3, 0.4) is 0 Å². The summed E-state index contributed by atoms with van der Waals surface area (Å²) in [5.74, 6) is -1.59. The Morgan fingerprint density at radius 1 is 1.32 bits per heavy atom. The second kappa shape index (κ2) is 5.40. The van der Waals surface area contributed by atoms with Crippen molar-refractivity contribution in [2.45, 2.75) is 13.0 Å². The Balaban J connectivity index is 2.07. The van der Waals surface area contributed by atoms with Gasteiger partial charge in [0, 0.05) is 13.1 Å². The molecule has 5 nitrogen and oxygen atoms in total. The fourth-order valence-electron chi connectivity index (χ4n) is 2.47. The van der Waals surface area contributed by atoms with E-state index in [-0.39, 0.29) is 18.4 Å². The maximum Gasteiger partial charge on any atom is 0.308 e. The Labute approximate surface area is 112 Å². The number of nitrogens with two attached hydrogens (primary N) is 1. The van der Waals surface area contributed by atoms with Gasteiger partial charge in [-0.05, 0) is 11.5 Å². The average Bonchev–Trinajstić information content (AvgIpc) is 2.80. The molecule has 1 heterocycles. The van der Waals surface area contributed by atoms with Crippen LogP contribution >= 0.6 is 0 Å². The number of benzene rings is 1. The molecule has 102 valence electrons. The zero-order valence-corrected chi connectivity index (χ0v) is 10.8. The Morgan fingerprint density at radius 3 is 2.47 bits per heavy atom. The highest BCUT2D eigenvalue weighted by molar-refractivity contribution is 5.84. The van der Waals surface area contributed by atoms with Gasteiger partial charge in [-0.15, -0.1) is 0 Å². The molecule has 1 amide bonds. The van der Waals surface area contributed by atoms with Gasteiger partial charge in [0.25, 0.3) is 0 Å². The van der Waals surface area contributed by atoms with E-state index in [1.165, 1.54) is 0 Å². The molecule has 1 aliphatic heterocycles. The number of carbonyl (C=O) groups excluding carboxylic acids is 1. The SMILES string of the molecule is CC1CN(C(=O)C(N)c2ccccc2)CC1C(=O)O. The maximum atomic E-state index is 12.3. The van der Waals surface area contributed by atoms with E-state index in [9.17, 15) is 9.59 Å². The number of carbonyl (C=O) groups is 2. The van der Waals surface area contributed by atoms with Crippen LogP contribution in [-0.2, 0) is 9.59 Å². The third kappa shape index (κ3) is 2.76. The van der Waals surface area contributed by atoms with Gasteiger partial charge in [0.2, 0.25) is 5.91 Å². The fourth-order valence-corrected chi connectivity index (χ4v) is 2.47. The zero-order valence-electron chi connectivity index (χ0n) is 10.8. The second-order valence-electron chi connectivity index (χ2n) is 5.05. The van der Waals surface area contributed by atoms with Crippen LogP contribution in [0.15, 0.2) is 30.3 Å². The van der Waals surface area contributed by atoms with Crippen molar-refractivity contribution in [3.8, 4) is 0 Å². The molecule has 5 heteroatoms. The quantitative estimate of drug-likeness (QED) is 0.846. The molecule has 3 atom stereocenters. The summed E-state index contributed by atoms with van der Waals surface area (Å²) in [5.41, 5.74) is 6.70. The van der Waals surface area contributed by atoms with Gasteiger partial charge in [-0.1, -0.05) is 37.3 Å². The van der Waals surface area contributed by atoms with Gasteiger partial charge in [-0.3, -0.25) is 9.59 Å². The monoisotopic (exact) mass is 262 g/mol. The summed E-state index contributed by atoms with van der Waals surface area (Å²) in [6.07, 6.45) is 0. The van der Waals surface area contributed by atoms with Gasteiger partial charge in [0.15, 0.2) is 0 Å². The number of nitrogens with zero attached hydrogens (tertiary/aromatic N) is 1. The van der Waals surface area contributed by atoms with Gasteiger partial charge < -0.3 is 15.7 Å². The molecular formula is C14H18N2O3. The lowest BCUT2D eigenvalue weighted by molar-refractivity contribution is -0.142. The summed E-state index contributed by atoms with van der Waals surface area (Å²) in [6.45, 7) is 2.55. The molecule has 1 aromatic carbocycles. The Morgan fingerprint density at radius 2 is 1.95 bits per heavy atom. The van der Waals surface area contributed by atoms with E-state index in [2.05, 4.69) is 0 Å². The van der Waals surface area contributed by atoms with E-state index in [0.29, 0.717) is 6.54 Å². The number of hydrogen-bond acceptors (Lipinski definition) is 3. The molecule has 1 fully saturated rings. The molecule has 0 saturated carbocycles. The van der Waals surface area contributed by atoms with Gasteiger partial charge in [0.1, 0.15) is 6.04 Å². The lowest BCUT2D eigenvalue weighted by Gasteiger charge is -2.20. The fraction of sp³-hybridized carbons (Fsp3) is 0.429. The number of carboxylic acids is 1. The molecule has 1 saturated heterocycles. The molecule has 0 aliphatic carbocycles. The van der Waals surface area contributed by atoms with Gasteiger partial charge in [0.05, 0.1) is 5.92 Å². The van der Waals surface area contributed by atoms with Crippen LogP contribution in [-0.4, -0.2) is 35.0 Å². The Kier molecular flexibility index (Phi) is 3.85. The number of likely N-dealkylation sites (tertiary alicyclic amines) is 1. The van der Waals surface area contributed by atoms with Crippen LogP contribution in [0.25, 0.3) is 0 Å². The van der Waals surface area contributed by atoms with Crippen molar-refractivity contribution in [1.29, 1.82) is 0 Å². The summed E-state index contributed by atoms with van der Waals surface area (Å²) in [6, 6.07) is 8.40. The molecule has 1 aliphatic rings. The van der Waals surface area contributed by atoms with Gasteiger partial charge >= 0.3 is 5.97 Å². The highest BCUT2D eigenvalue weighted by atomic mass is 16.4. The van der Waals surface area contributed by atoms with E-state index in [4.69, 9.17) is 10.8 Å². The maximum absolute atomic E-state index is 12.3. The number of amides is 1.